The standard InChI is InChI=1S/C29H32F2N4O4/c1-29(2)13-17-4-3-5-18(26(17)39-29)14-33-8-10-34(11-9-33)15-21-22(30)12-19-20(25(21)31)16-35(28(19)38)23-6-7-24(36)32-27(23)37/h3-5,12,23H,6-11,13-16H2,1-2H3,(H,32,36,37). The van der Waals surface area contributed by atoms with Gasteiger partial charge in [0.1, 0.15) is 29.0 Å². The fourth-order valence-electron chi connectivity index (χ4n) is 6.20. The molecule has 8 nitrogen and oxygen atoms in total. The molecule has 206 valence electrons. The van der Waals surface area contributed by atoms with Crippen LogP contribution < -0.4 is 10.1 Å². The van der Waals surface area contributed by atoms with E-state index in [1.807, 2.05) is 4.90 Å². The van der Waals surface area contributed by atoms with Crippen LogP contribution in [0, 0.1) is 11.6 Å². The average molecular weight is 539 g/mol. The summed E-state index contributed by atoms with van der Waals surface area (Å²) in [6.45, 7) is 7.73. The van der Waals surface area contributed by atoms with Gasteiger partial charge < -0.3 is 9.64 Å². The van der Waals surface area contributed by atoms with Gasteiger partial charge in [-0.05, 0) is 31.9 Å². The monoisotopic (exact) mass is 538 g/mol. The molecule has 3 amide bonds. The van der Waals surface area contributed by atoms with Gasteiger partial charge in [0.25, 0.3) is 5.91 Å². The fraction of sp³-hybridized carbons (Fsp3) is 0.483. The van der Waals surface area contributed by atoms with Crippen molar-refractivity contribution in [3.05, 3.63) is 63.7 Å². The lowest BCUT2D eigenvalue weighted by Crippen LogP contribution is -2.52. The summed E-state index contributed by atoms with van der Waals surface area (Å²) in [5.41, 5.74) is 2.19. The van der Waals surface area contributed by atoms with Gasteiger partial charge in [-0.3, -0.25) is 29.5 Å². The SMILES string of the molecule is CC1(C)Cc2cccc(CN3CCN(Cc4c(F)cc5c(c4F)CN(C4CCC(=O)NC4=O)C5=O)CC3)c2O1. The van der Waals surface area contributed by atoms with Crippen molar-refractivity contribution in [2.75, 3.05) is 26.2 Å². The molecule has 1 atom stereocenters. The number of para-hydroxylation sites is 1. The van der Waals surface area contributed by atoms with Crippen LogP contribution in [0.5, 0.6) is 5.75 Å². The molecule has 0 saturated carbocycles. The molecule has 0 spiro atoms. The Balaban J connectivity index is 1.11. The largest absolute Gasteiger partial charge is 0.487 e. The number of halogens is 2. The van der Waals surface area contributed by atoms with Gasteiger partial charge in [-0.1, -0.05) is 18.2 Å². The number of fused-ring (bicyclic) bond motifs is 2. The van der Waals surface area contributed by atoms with Crippen LogP contribution in [0.2, 0.25) is 0 Å². The number of piperidine rings is 1. The Morgan fingerprint density at radius 1 is 1.05 bits per heavy atom. The van der Waals surface area contributed by atoms with Crippen molar-refractivity contribution in [1.29, 1.82) is 0 Å². The van der Waals surface area contributed by atoms with Gasteiger partial charge in [0.05, 0.1) is 12.1 Å². The number of hydrogen-bond acceptors (Lipinski definition) is 6. The molecule has 10 heteroatoms. The first-order valence-corrected chi connectivity index (χ1v) is 13.5. The molecule has 0 bridgehead atoms. The normalized spacial score (nSPS) is 23.0. The van der Waals surface area contributed by atoms with E-state index in [1.165, 1.54) is 10.5 Å². The van der Waals surface area contributed by atoms with Crippen molar-refractivity contribution in [3.63, 3.8) is 0 Å². The van der Waals surface area contributed by atoms with E-state index in [0.717, 1.165) is 43.4 Å². The van der Waals surface area contributed by atoms with E-state index in [2.05, 4.69) is 42.3 Å². The van der Waals surface area contributed by atoms with Gasteiger partial charge in [0, 0.05) is 68.8 Å². The minimum atomic E-state index is -0.871. The van der Waals surface area contributed by atoms with E-state index in [4.69, 9.17) is 4.74 Å². The van der Waals surface area contributed by atoms with E-state index < -0.39 is 35.4 Å². The number of ether oxygens (including phenoxy) is 1. The van der Waals surface area contributed by atoms with Gasteiger partial charge in [0.15, 0.2) is 0 Å². The number of carbonyl (C=O) groups excluding carboxylic acids is 3. The Labute approximate surface area is 225 Å². The molecule has 1 unspecified atom stereocenters. The summed E-state index contributed by atoms with van der Waals surface area (Å²) < 4.78 is 36.9. The minimum Gasteiger partial charge on any atom is -0.487 e. The molecule has 2 saturated heterocycles. The van der Waals surface area contributed by atoms with Gasteiger partial charge in [-0.25, -0.2) is 8.78 Å². The first-order chi connectivity index (χ1) is 18.6. The Morgan fingerprint density at radius 3 is 2.49 bits per heavy atom. The van der Waals surface area contributed by atoms with Gasteiger partial charge in [-0.2, -0.15) is 0 Å². The molecule has 4 aliphatic heterocycles. The molecule has 2 fully saturated rings. The highest BCUT2D eigenvalue weighted by Gasteiger charge is 2.41. The van der Waals surface area contributed by atoms with Crippen LogP contribution in [0.3, 0.4) is 0 Å². The quantitative estimate of drug-likeness (QED) is 0.590. The number of nitrogens with one attached hydrogen (secondary N) is 1. The fourth-order valence-corrected chi connectivity index (χ4v) is 6.20. The highest BCUT2D eigenvalue weighted by molar-refractivity contribution is 6.05. The lowest BCUT2D eigenvalue weighted by molar-refractivity contribution is -0.136. The number of rotatable bonds is 5. The summed E-state index contributed by atoms with van der Waals surface area (Å²) in [4.78, 5) is 42.3. The summed E-state index contributed by atoms with van der Waals surface area (Å²) in [5.74, 6) is -2.07. The lowest BCUT2D eigenvalue weighted by atomic mass is 10.0. The summed E-state index contributed by atoms with van der Waals surface area (Å²) in [5, 5.41) is 2.22. The maximum Gasteiger partial charge on any atom is 0.255 e. The predicted molar refractivity (Wildman–Crippen MR) is 138 cm³/mol. The van der Waals surface area contributed by atoms with Crippen LogP contribution in [0.4, 0.5) is 8.78 Å². The van der Waals surface area contributed by atoms with Crippen molar-refractivity contribution < 1.29 is 27.9 Å². The number of benzene rings is 2. The van der Waals surface area contributed by atoms with Crippen LogP contribution in [-0.2, 0) is 35.6 Å². The lowest BCUT2D eigenvalue weighted by Gasteiger charge is -2.35. The first-order valence-electron chi connectivity index (χ1n) is 13.5. The van der Waals surface area contributed by atoms with E-state index in [9.17, 15) is 14.4 Å². The number of hydrogen-bond donors (Lipinski definition) is 1. The second-order valence-electron chi connectivity index (χ2n) is 11.6. The van der Waals surface area contributed by atoms with Crippen molar-refractivity contribution in [3.8, 4) is 5.75 Å². The molecule has 4 heterocycles. The zero-order chi connectivity index (χ0) is 27.5. The molecular weight excluding hydrogens is 506 g/mol. The molecule has 4 aliphatic rings. The molecule has 6 rings (SSSR count). The predicted octanol–water partition coefficient (Wildman–Crippen LogP) is 2.76. The number of amides is 3. The van der Waals surface area contributed by atoms with E-state index in [1.54, 1.807) is 0 Å². The Morgan fingerprint density at radius 2 is 1.77 bits per heavy atom. The Kier molecular flexibility index (Phi) is 6.42. The first kappa shape index (κ1) is 25.9. The third-order valence-electron chi connectivity index (χ3n) is 8.23. The minimum absolute atomic E-state index is 0.0518. The molecule has 39 heavy (non-hydrogen) atoms. The molecule has 1 N–H and O–H groups in total. The zero-order valence-electron chi connectivity index (χ0n) is 22.2. The molecule has 0 aliphatic carbocycles. The topological polar surface area (TPSA) is 82.2 Å². The average Bonchev–Trinajstić information content (AvgIpc) is 3.38. The van der Waals surface area contributed by atoms with E-state index in [0.29, 0.717) is 13.1 Å². The summed E-state index contributed by atoms with van der Waals surface area (Å²) in [6, 6.07) is 6.50. The van der Waals surface area contributed by atoms with Crippen molar-refractivity contribution >= 4 is 17.7 Å². The second kappa shape index (κ2) is 9.67. The van der Waals surface area contributed by atoms with Gasteiger partial charge in [-0.15, -0.1) is 0 Å². The van der Waals surface area contributed by atoms with E-state index >= 15 is 8.78 Å². The van der Waals surface area contributed by atoms with Crippen molar-refractivity contribution in [2.45, 2.75) is 64.4 Å². The van der Waals surface area contributed by atoms with Crippen LogP contribution in [-0.4, -0.2) is 70.2 Å². The maximum absolute atomic E-state index is 15.6. The van der Waals surface area contributed by atoms with Crippen LogP contribution in [0.15, 0.2) is 24.3 Å². The number of nitrogens with zero attached hydrogens (tertiary/aromatic N) is 3. The molecular formula is C29H32F2N4O4. The van der Waals surface area contributed by atoms with Crippen LogP contribution >= 0.6 is 0 Å². The molecule has 2 aromatic rings. The highest BCUT2D eigenvalue weighted by atomic mass is 19.1. The summed E-state index contributed by atoms with van der Waals surface area (Å²) >= 11 is 0. The van der Waals surface area contributed by atoms with Crippen LogP contribution in [0.25, 0.3) is 0 Å². The highest BCUT2D eigenvalue weighted by Crippen LogP contribution is 2.38. The third kappa shape index (κ3) is 4.80. The molecule has 2 aromatic carbocycles. The Bertz CT molecular complexity index is 1370. The zero-order valence-corrected chi connectivity index (χ0v) is 22.2. The smallest absolute Gasteiger partial charge is 0.255 e. The number of carbonyl (C=O) groups is 3. The Hall–Kier alpha value is -3.37. The van der Waals surface area contributed by atoms with Crippen molar-refractivity contribution in [1.82, 2.24) is 20.0 Å². The summed E-state index contributed by atoms with van der Waals surface area (Å²) in [7, 11) is 0. The third-order valence-corrected chi connectivity index (χ3v) is 8.23. The van der Waals surface area contributed by atoms with Gasteiger partial charge >= 0.3 is 0 Å². The summed E-state index contributed by atoms with van der Waals surface area (Å²) in [6.07, 6.45) is 1.16. The maximum atomic E-state index is 15.6. The molecule has 0 radical (unpaired) electrons. The number of piperazine rings is 1. The van der Waals surface area contributed by atoms with Gasteiger partial charge in [0.2, 0.25) is 11.8 Å². The van der Waals surface area contributed by atoms with Crippen molar-refractivity contribution in [2.24, 2.45) is 0 Å². The number of imide groups is 1. The van der Waals surface area contributed by atoms with E-state index in [-0.39, 0.29) is 48.2 Å². The molecule has 0 aromatic heterocycles. The van der Waals surface area contributed by atoms with Crippen LogP contribution in [0.1, 0.15) is 59.3 Å². The second-order valence-corrected chi connectivity index (χ2v) is 11.6.